The van der Waals surface area contributed by atoms with Gasteiger partial charge < -0.3 is 15.5 Å². The van der Waals surface area contributed by atoms with Crippen molar-refractivity contribution >= 4 is 5.97 Å². The number of aromatic hydroxyl groups is 1. The highest BCUT2D eigenvalue weighted by molar-refractivity contribution is 5.71. The van der Waals surface area contributed by atoms with Crippen molar-refractivity contribution in [3.05, 3.63) is 29.3 Å². The molecule has 2 unspecified atom stereocenters. The zero-order valence-corrected chi connectivity index (χ0v) is 10.7. The first-order valence-electron chi connectivity index (χ1n) is 6.28. The van der Waals surface area contributed by atoms with Crippen molar-refractivity contribution in [3.8, 4) is 5.75 Å². The van der Waals surface area contributed by atoms with E-state index in [9.17, 15) is 9.90 Å². The van der Waals surface area contributed by atoms with Crippen LogP contribution in [0.15, 0.2) is 18.2 Å². The molecule has 0 amide bonds. The molecule has 0 bridgehead atoms. The molecule has 0 radical (unpaired) electrons. The normalized spacial score (nSPS) is 23.5. The van der Waals surface area contributed by atoms with Crippen LogP contribution in [0.4, 0.5) is 0 Å². The summed E-state index contributed by atoms with van der Waals surface area (Å²) in [6, 6.07) is 5.60. The molecular weight excluding hydrogens is 230 g/mol. The molecule has 3 N–H and O–H groups in total. The molecule has 1 fully saturated rings. The third-order valence-electron chi connectivity index (χ3n) is 3.58. The maximum atomic E-state index is 10.9. The molecule has 0 aliphatic carbocycles. The molecule has 1 aromatic rings. The van der Waals surface area contributed by atoms with Crippen LogP contribution in [0.1, 0.15) is 43.4 Å². The van der Waals surface area contributed by atoms with Gasteiger partial charge in [0, 0.05) is 18.2 Å². The average molecular weight is 249 g/mol. The quantitative estimate of drug-likeness (QED) is 0.768. The molecule has 0 aromatic heterocycles. The van der Waals surface area contributed by atoms with Crippen molar-refractivity contribution < 1.29 is 15.0 Å². The Kier molecular flexibility index (Phi) is 3.57. The Hall–Kier alpha value is -1.55. The van der Waals surface area contributed by atoms with Crippen molar-refractivity contribution in [2.24, 2.45) is 5.92 Å². The summed E-state index contributed by atoms with van der Waals surface area (Å²) in [6.07, 6.45) is 0.532. The van der Waals surface area contributed by atoms with E-state index in [1.54, 1.807) is 6.07 Å². The summed E-state index contributed by atoms with van der Waals surface area (Å²) in [6.45, 7) is 4.61. The van der Waals surface area contributed by atoms with Gasteiger partial charge in [-0.2, -0.15) is 0 Å². The smallest absolute Gasteiger partial charge is 0.307 e. The first kappa shape index (κ1) is 12.9. The minimum absolute atomic E-state index is 0.0627. The van der Waals surface area contributed by atoms with Gasteiger partial charge in [0.25, 0.3) is 0 Å². The lowest BCUT2D eigenvalue weighted by Gasteiger charge is -2.15. The molecule has 98 valence electrons. The second kappa shape index (κ2) is 4.98. The largest absolute Gasteiger partial charge is 0.508 e. The first-order chi connectivity index (χ1) is 8.49. The summed E-state index contributed by atoms with van der Waals surface area (Å²) >= 11 is 0. The molecule has 1 heterocycles. The number of phenolic OH excluding ortho intramolecular Hbond substituents is 1. The minimum atomic E-state index is -0.775. The monoisotopic (exact) mass is 249 g/mol. The molecule has 1 saturated heterocycles. The molecule has 2 rings (SSSR count). The van der Waals surface area contributed by atoms with Crippen LogP contribution in [-0.4, -0.2) is 22.7 Å². The maximum absolute atomic E-state index is 10.9. The Labute approximate surface area is 107 Å². The molecule has 1 aromatic carbocycles. The Morgan fingerprint density at radius 3 is 2.67 bits per heavy atom. The maximum Gasteiger partial charge on any atom is 0.307 e. The van der Waals surface area contributed by atoms with E-state index in [1.807, 2.05) is 12.1 Å². The van der Waals surface area contributed by atoms with Crippen molar-refractivity contribution in [1.82, 2.24) is 5.32 Å². The predicted molar refractivity (Wildman–Crippen MR) is 68.7 cm³/mol. The van der Waals surface area contributed by atoms with Gasteiger partial charge >= 0.3 is 5.97 Å². The van der Waals surface area contributed by atoms with Crippen LogP contribution in [0, 0.1) is 5.92 Å². The average Bonchev–Trinajstić information content (AvgIpc) is 2.78. The van der Waals surface area contributed by atoms with Crippen molar-refractivity contribution in [2.75, 3.05) is 6.54 Å². The van der Waals surface area contributed by atoms with Gasteiger partial charge in [0.1, 0.15) is 5.75 Å². The number of carbonyl (C=O) groups is 1. The fourth-order valence-corrected chi connectivity index (χ4v) is 2.38. The summed E-state index contributed by atoms with van der Waals surface area (Å²) in [4.78, 5) is 10.9. The van der Waals surface area contributed by atoms with Crippen LogP contribution in [0.25, 0.3) is 0 Å². The molecule has 1 aliphatic heterocycles. The van der Waals surface area contributed by atoms with Crippen LogP contribution in [-0.2, 0) is 4.79 Å². The Bertz CT molecular complexity index is 456. The zero-order valence-electron chi connectivity index (χ0n) is 10.7. The molecule has 0 spiro atoms. The van der Waals surface area contributed by atoms with E-state index in [0.29, 0.717) is 18.9 Å². The fraction of sp³-hybridized carbons (Fsp3) is 0.500. The summed E-state index contributed by atoms with van der Waals surface area (Å²) in [5.74, 6) is -0.513. The summed E-state index contributed by atoms with van der Waals surface area (Å²) < 4.78 is 0. The standard InChI is InChI=1S/C14H19NO3/c1-8(2)9-3-4-11(13(16)6-9)12-5-10(7-15-12)14(17)18/h3-4,6,8,10,12,15-16H,5,7H2,1-2H3,(H,17,18). The molecule has 18 heavy (non-hydrogen) atoms. The van der Waals surface area contributed by atoms with Crippen LogP contribution in [0.2, 0.25) is 0 Å². The lowest BCUT2D eigenvalue weighted by molar-refractivity contribution is -0.141. The zero-order chi connectivity index (χ0) is 13.3. The molecular formula is C14H19NO3. The molecule has 2 atom stereocenters. The summed E-state index contributed by atoms with van der Waals surface area (Å²) in [5.41, 5.74) is 1.88. The third kappa shape index (κ3) is 2.48. The van der Waals surface area contributed by atoms with E-state index < -0.39 is 5.97 Å². The molecule has 1 aliphatic rings. The second-order valence-corrected chi connectivity index (χ2v) is 5.20. The second-order valence-electron chi connectivity index (χ2n) is 5.20. The third-order valence-corrected chi connectivity index (χ3v) is 3.58. The van der Waals surface area contributed by atoms with Gasteiger partial charge in [-0.1, -0.05) is 26.0 Å². The minimum Gasteiger partial charge on any atom is -0.508 e. The lowest BCUT2D eigenvalue weighted by atomic mass is 9.95. The van der Waals surface area contributed by atoms with Crippen LogP contribution in [0.3, 0.4) is 0 Å². The molecule has 4 nitrogen and oxygen atoms in total. The number of nitrogens with one attached hydrogen (secondary N) is 1. The van der Waals surface area contributed by atoms with E-state index in [2.05, 4.69) is 19.2 Å². The van der Waals surface area contributed by atoms with Crippen LogP contribution in [0.5, 0.6) is 5.75 Å². The Morgan fingerprint density at radius 1 is 1.44 bits per heavy atom. The van der Waals surface area contributed by atoms with Crippen molar-refractivity contribution in [3.63, 3.8) is 0 Å². The highest BCUT2D eigenvalue weighted by atomic mass is 16.4. The van der Waals surface area contributed by atoms with E-state index in [0.717, 1.165) is 11.1 Å². The van der Waals surface area contributed by atoms with Crippen molar-refractivity contribution in [1.29, 1.82) is 0 Å². The van der Waals surface area contributed by atoms with E-state index >= 15 is 0 Å². The number of aliphatic carboxylic acids is 1. The topological polar surface area (TPSA) is 69.6 Å². The van der Waals surface area contributed by atoms with E-state index in [4.69, 9.17) is 5.11 Å². The number of carboxylic acids is 1. The number of hydrogen-bond acceptors (Lipinski definition) is 3. The highest BCUT2D eigenvalue weighted by Crippen LogP contribution is 2.34. The molecule has 0 saturated carbocycles. The van der Waals surface area contributed by atoms with Gasteiger partial charge in [-0.15, -0.1) is 0 Å². The number of carboxylic acid groups (broad SMARTS) is 1. The van der Waals surface area contributed by atoms with Gasteiger partial charge in [-0.25, -0.2) is 0 Å². The summed E-state index contributed by atoms with van der Waals surface area (Å²) in [5, 5.41) is 22.2. The van der Waals surface area contributed by atoms with E-state index in [1.165, 1.54) is 0 Å². The summed E-state index contributed by atoms with van der Waals surface area (Å²) in [7, 11) is 0. The number of rotatable bonds is 3. The number of benzene rings is 1. The van der Waals surface area contributed by atoms with Gasteiger partial charge in [-0.05, 0) is 24.0 Å². The van der Waals surface area contributed by atoms with Gasteiger partial charge in [-0.3, -0.25) is 4.79 Å². The van der Waals surface area contributed by atoms with Crippen molar-refractivity contribution in [2.45, 2.75) is 32.2 Å². The number of hydrogen-bond donors (Lipinski definition) is 3. The van der Waals surface area contributed by atoms with E-state index in [-0.39, 0.29) is 17.7 Å². The lowest BCUT2D eigenvalue weighted by Crippen LogP contribution is -2.17. The number of phenols is 1. The predicted octanol–water partition coefficient (Wildman–Crippen LogP) is 2.25. The molecule has 4 heteroatoms. The first-order valence-corrected chi connectivity index (χ1v) is 6.28. The fourth-order valence-electron chi connectivity index (χ4n) is 2.38. The van der Waals surface area contributed by atoms with Gasteiger partial charge in [0.05, 0.1) is 5.92 Å². The SMILES string of the molecule is CC(C)c1ccc(C2CC(C(=O)O)CN2)c(O)c1. The van der Waals surface area contributed by atoms with Gasteiger partial charge in [0.2, 0.25) is 0 Å². The highest BCUT2D eigenvalue weighted by Gasteiger charge is 2.31. The van der Waals surface area contributed by atoms with Crippen LogP contribution < -0.4 is 5.32 Å². The Morgan fingerprint density at radius 2 is 2.17 bits per heavy atom. The van der Waals surface area contributed by atoms with Gasteiger partial charge in [0.15, 0.2) is 0 Å². The van der Waals surface area contributed by atoms with Crippen LogP contribution >= 0.6 is 0 Å². The Balaban J connectivity index is 2.17.